The van der Waals surface area contributed by atoms with Gasteiger partial charge >= 0.3 is 12.1 Å². The molecule has 0 bridgehead atoms. The van der Waals surface area contributed by atoms with E-state index in [2.05, 4.69) is 32.8 Å². The summed E-state index contributed by atoms with van der Waals surface area (Å²) in [6.45, 7) is 18.5. The van der Waals surface area contributed by atoms with E-state index in [1.165, 1.54) is 35.3 Å². The van der Waals surface area contributed by atoms with Crippen molar-refractivity contribution in [3.8, 4) is 0 Å². The van der Waals surface area contributed by atoms with Crippen molar-refractivity contribution in [1.82, 2.24) is 14.8 Å². The Balaban J connectivity index is 1.53. The van der Waals surface area contributed by atoms with E-state index in [4.69, 9.17) is 18.9 Å². The number of carbonyl (C=O) groups is 3. The fraction of sp³-hybridized carbons (Fsp3) is 0.481. The average Bonchev–Trinajstić information content (AvgIpc) is 3.58. The molecule has 2 amide bonds. The Kier molecular flexibility index (Phi) is 8.89. The van der Waals surface area contributed by atoms with Crippen LogP contribution in [0.2, 0.25) is 19.6 Å². The molecule has 4 rings (SSSR count). The largest absolute Gasteiger partial charge is 0.457 e. The normalized spacial score (nSPS) is 23.3. The van der Waals surface area contributed by atoms with E-state index in [1.807, 2.05) is 25.3 Å². The van der Waals surface area contributed by atoms with E-state index in [9.17, 15) is 14.4 Å². The molecule has 4 atom stereocenters. The molecule has 0 spiro atoms. The number of thioether (sulfide) groups is 1. The number of esters is 1. The first kappa shape index (κ1) is 29.3. The summed E-state index contributed by atoms with van der Waals surface area (Å²) in [6.07, 6.45) is 4.36. The van der Waals surface area contributed by atoms with Crippen LogP contribution in [0.25, 0.3) is 5.57 Å². The summed E-state index contributed by atoms with van der Waals surface area (Å²) >= 11 is 2.85. The molecule has 12 heteroatoms. The zero-order valence-corrected chi connectivity index (χ0v) is 25.6. The van der Waals surface area contributed by atoms with Crippen molar-refractivity contribution in [2.24, 2.45) is 11.8 Å². The summed E-state index contributed by atoms with van der Waals surface area (Å²) in [5.41, 5.74) is 2.00. The lowest BCUT2D eigenvalue weighted by molar-refractivity contribution is -0.163. The molecule has 0 unspecified atom stereocenters. The number of amides is 2. The summed E-state index contributed by atoms with van der Waals surface area (Å²) in [5, 5.41) is 1.94. The standard InChI is InChI=1S/C27H35N3O6S2Si/c1-8-12-34-25(32)22-23(16(3)21-20(24(31)30(21)22)17(4)36-39(5,6)7)38-26-28-19(15-37-26)18-10-11-29(14-18)27(33)35-13-9-2/h8-10,15-17,20-21H,1-2,11-14H2,3-7H3/t16-,17-,20-,21-/m1/s1. The van der Waals surface area contributed by atoms with Gasteiger partial charge in [-0.05, 0) is 32.1 Å². The van der Waals surface area contributed by atoms with Crippen molar-refractivity contribution < 1.29 is 28.3 Å². The van der Waals surface area contributed by atoms with Crippen molar-refractivity contribution in [2.45, 2.75) is 50.0 Å². The van der Waals surface area contributed by atoms with Crippen LogP contribution in [-0.2, 0) is 23.5 Å². The second kappa shape index (κ2) is 11.8. The van der Waals surface area contributed by atoms with Gasteiger partial charge in [0, 0.05) is 22.7 Å². The summed E-state index contributed by atoms with van der Waals surface area (Å²) in [5.74, 6) is -1.07. The van der Waals surface area contributed by atoms with Crippen LogP contribution in [0.3, 0.4) is 0 Å². The molecular formula is C27H35N3O6S2Si. The average molecular weight is 590 g/mol. The third kappa shape index (κ3) is 6.08. The lowest BCUT2D eigenvalue weighted by Crippen LogP contribution is -2.64. The Hall–Kier alpha value is -2.67. The SMILES string of the molecule is C=CCOC(=O)C1=C(Sc2nc(C3=CCN(C(=O)OCC=C)C3)cs2)[C@H](C)[C@@H]2[C@@H]([C@@H](C)O[Si](C)(C)C)C(=O)N12. The smallest absolute Gasteiger partial charge is 0.410 e. The lowest BCUT2D eigenvalue weighted by atomic mass is 9.79. The maximum Gasteiger partial charge on any atom is 0.410 e. The van der Waals surface area contributed by atoms with Gasteiger partial charge in [-0.1, -0.05) is 50.1 Å². The van der Waals surface area contributed by atoms with Crippen molar-refractivity contribution in [2.75, 3.05) is 26.3 Å². The molecule has 1 aromatic rings. The Bertz CT molecular complexity index is 1240. The zero-order chi connectivity index (χ0) is 28.5. The highest BCUT2D eigenvalue weighted by atomic mass is 32.2. The van der Waals surface area contributed by atoms with Crippen LogP contribution < -0.4 is 0 Å². The number of carbonyl (C=O) groups excluding carboxylic acids is 3. The molecule has 210 valence electrons. The van der Waals surface area contributed by atoms with Crippen LogP contribution in [0, 0.1) is 11.8 Å². The molecule has 3 aliphatic heterocycles. The number of nitrogens with zero attached hydrogens (tertiary/aromatic N) is 3. The summed E-state index contributed by atoms with van der Waals surface area (Å²) in [4.78, 5) is 47.4. The molecule has 0 aliphatic carbocycles. The third-order valence-corrected chi connectivity index (χ3v) is 9.97. The van der Waals surface area contributed by atoms with E-state index in [1.54, 1.807) is 9.80 Å². The summed E-state index contributed by atoms with van der Waals surface area (Å²) in [7, 11) is -1.87. The molecule has 1 saturated heterocycles. The van der Waals surface area contributed by atoms with Crippen LogP contribution >= 0.6 is 23.1 Å². The van der Waals surface area contributed by atoms with Crippen LogP contribution in [0.5, 0.6) is 0 Å². The molecule has 0 saturated carbocycles. The molecule has 0 aromatic carbocycles. The number of ether oxygens (including phenoxy) is 2. The van der Waals surface area contributed by atoms with E-state index >= 15 is 0 Å². The van der Waals surface area contributed by atoms with Crippen LogP contribution in [0.4, 0.5) is 4.79 Å². The number of β-lactam (4-membered cyclic amide) rings is 1. The molecule has 0 radical (unpaired) electrons. The first-order valence-corrected chi connectivity index (χ1v) is 18.0. The molecule has 9 nitrogen and oxygen atoms in total. The molecule has 4 heterocycles. The quantitative estimate of drug-likeness (QED) is 0.155. The van der Waals surface area contributed by atoms with E-state index < -0.39 is 20.4 Å². The fourth-order valence-electron chi connectivity index (χ4n) is 5.12. The first-order valence-electron chi connectivity index (χ1n) is 12.8. The Labute approximate surface area is 238 Å². The third-order valence-electron chi connectivity index (χ3n) is 6.67. The topological polar surface area (TPSA) is 98.3 Å². The highest BCUT2D eigenvalue weighted by Gasteiger charge is 2.61. The van der Waals surface area contributed by atoms with Crippen molar-refractivity contribution in [3.05, 3.63) is 53.1 Å². The molecule has 39 heavy (non-hydrogen) atoms. The monoisotopic (exact) mass is 589 g/mol. The van der Waals surface area contributed by atoms with Crippen LogP contribution in [-0.4, -0.2) is 79.5 Å². The number of hydrogen-bond donors (Lipinski definition) is 0. The minimum absolute atomic E-state index is 0.0568. The highest BCUT2D eigenvalue weighted by Crippen LogP contribution is 2.53. The number of fused-ring (bicyclic) bond motifs is 1. The molecule has 1 aromatic heterocycles. The zero-order valence-electron chi connectivity index (χ0n) is 23.0. The van der Waals surface area contributed by atoms with Gasteiger partial charge in [0.1, 0.15) is 18.9 Å². The van der Waals surface area contributed by atoms with Gasteiger partial charge in [0.2, 0.25) is 5.91 Å². The number of rotatable bonds is 11. The van der Waals surface area contributed by atoms with E-state index in [-0.39, 0.29) is 48.8 Å². The molecule has 3 aliphatic rings. The molecule has 1 fully saturated rings. The fourth-order valence-corrected chi connectivity index (χ4v) is 8.49. The van der Waals surface area contributed by atoms with Gasteiger partial charge in [0.25, 0.3) is 0 Å². The molecule has 0 N–H and O–H groups in total. The number of thiazole rings is 1. The lowest BCUT2D eigenvalue weighted by Gasteiger charge is -2.48. The predicted molar refractivity (Wildman–Crippen MR) is 154 cm³/mol. The highest BCUT2D eigenvalue weighted by molar-refractivity contribution is 8.04. The maximum absolute atomic E-state index is 13.4. The Morgan fingerprint density at radius 2 is 1.95 bits per heavy atom. The number of aromatic nitrogens is 1. The minimum Gasteiger partial charge on any atom is -0.457 e. The van der Waals surface area contributed by atoms with E-state index in [0.29, 0.717) is 13.1 Å². The summed E-state index contributed by atoms with van der Waals surface area (Å²) in [6, 6.07) is -0.176. The minimum atomic E-state index is -1.87. The second-order valence-electron chi connectivity index (χ2n) is 10.6. The van der Waals surface area contributed by atoms with Gasteiger partial charge in [-0.2, -0.15) is 0 Å². The van der Waals surface area contributed by atoms with Gasteiger partial charge in [-0.25, -0.2) is 14.6 Å². The van der Waals surface area contributed by atoms with Crippen molar-refractivity contribution in [1.29, 1.82) is 0 Å². The Morgan fingerprint density at radius 1 is 1.26 bits per heavy atom. The van der Waals surface area contributed by atoms with Crippen LogP contribution in [0.1, 0.15) is 19.5 Å². The van der Waals surface area contributed by atoms with Crippen molar-refractivity contribution in [3.63, 3.8) is 0 Å². The summed E-state index contributed by atoms with van der Waals surface area (Å²) < 4.78 is 17.5. The van der Waals surface area contributed by atoms with Crippen LogP contribution in [0.15, 0.2) is 51.7 Å². The Morgan fingerprint density at radius 3 is 2.62 bits per heavy atom. The first-order chi connectivity index (χ1) is 18.5. The number of hydrogen-bond acceptors (Lipinski definition) is 9. The van der Waals surface area contributed by atoms with Gasteiger partial charge in [0.15, 0.2) is 12.7 Å². The van der Waals surface area contributed by atoms with Gasteiger partial charge in [-0.15, -0.1) is 11.3 Å². The second-order valence-corrected chi connectivity index (χ2v) is 17.2. The van der Waals surface area contributed by atoms with Gasteiger partial charge in [0.05, 0.1) is 30.3 Å². The van der Waals surface area contributed by atoms with Gasteiger partial charge in [-0.3, -0.25) is 4.79 Å². The maximum atomic E-state index is 13.4. The van der Waals surface area contributed by atoms with Gasteiger partial charge < -0.3 is 23.7 Å². The van der Waals surface area contributed by atoms with Crippen molar-refractivity contribution >= 4 is 55.0 Å². The van der Waals surface area contributed by atoms with E-state index in [0.717, 1.165) is 20.5 Å². The predicted octanol–water partition coefficient (Wildman–Crippen LogP) is 4.91. The molecular weight excluding hydrogens is 555 g/mol.